The van der Waals surface area contributed by atoms with Crippen molar-refractivity contribution in [3.63, 3.8) is 0 Å². The molecule has 98 valence electrons. The zero-order valence-corrected chi connectivity index (χ0v) is 12.4. The Kier molecular flexibility index (Phi) is 7.23. The SMILES string of the molecule is Br.CCN(CC)C(C)Cc1ccc(O)c(O)c1. The summed E-state index contributed by atoms with van der Waals surface area (Å²) >= 11 is 0. The lowest BCUT2D eigenvalue weighted by atomic mass is 10.1. The molecule has 0 heterocycles. The van der Waals surface area contributed by atoms with Crippen LogP contribution in [0.4, 0.5) is 0 Å². The maximum atomic E-state index is 9.40. The minimum Gasteiger partial charge on any atom is -0.504 e. The fourth-order valence-corrected chi connectivity index (χ4v) is 2.01. The van der Waals surface area contributed by atoms with Crippen LogP contribution < -0.4 is 0 Å². The van der Waals surface area contributed by atoms with Crippen LogP contribution in [0.25, 0.3) is 0 Å². The van der Waals surface area contributed by atoms with Gasteiger partial charge in [-0.3, -0.25) is 0 Å². The Morgan fingerprint density at radius 3 is 2.18 bits per heavy atom. The summed E-state index contributed by atoms with van der Waals surface area (Å²) in [7, 11) is 0. The van der Waals surface area contributed by atoms with Crippen LogP contribution in [0, 0.1) is 0 Å². The molecule has 1 unspecified atom stereocenters. The molecule has 1 rings (SSSR count). The Labute approximate surface area is 114 Å². The average molecular weight is 304 g/mol. The molecule has 0 saturated carbocycles. The first-order chi connectivity index (χ1) is 7.58. The Hall–Kier alpha value is -0.740. The highest BCUT2D eigenvalue weighted by atomic mass is 79.9. The van der Waals surface area contributed by atoms with Gasteiger partial charge in [-0.15, -0.1) is 17.0 Å². The third kappa shape index (κ3) is 4.56. The first kappa shape index (κ1) is 16.3. The number of benzene rings is 1. The monoisotopic (exact) mass is 303 g/mol. The number of hydrogen-bond acceptors (Lipinski definition) is 3. The molecular weight excluding hydrogens is 282 g/mol. The number of nitrogens with zero attached hydrogens (tertiary/aromatic N) is 1. The molecule has 0 aromatic heterocycles. The van der Waals surface area contributed by atoms with Gasteiger partial charge in [-0.1, -0.05) is 19.9 Å². The molecule has 0 aliphatic carbocycles. The van der Waals surface area contributed by atoms with E-state index in [1.807, 2.05) is 6.07 Å². The van der Waals surface area contributed by atoms with Crippen molar-refractivity contribution in [3.05, 3.63) is 23.8 Å². The van der Waals surface area contributed by atoms with Crippen LogP contribution in [0.5, 0.6) is 11.5 Å². The van der Waals surface area contributed by atoms with E-state index in [-0.39, 0.29) is 28.5 Å². The number of phenolic OH excluding ortho intramolecular Hbond substituents is 2. The van der Waals surface area contributed by atoms with Crippen molar-refractivity contribution in [2.45, 2.75) is 33.2 Å². The van der Waals surface area contributed by atoms with E-state index in [2.05, 4.69) is 25.7 Å². The first-order valence-electron chi connectivity index (χ1n) is 5.83. The van der Waals surface area contributed by atoms with Gasteiger partial charge >= 0.3 is 0 Å². The van der Waals surface area contributed by atoms with Gasteiger partial charge in [0.1, 0.15) is 0 Å². The highest BCUT2D eigenvalue weighted by Crippen LogP contribution is 2.25. The minimum atomic E-state index is -0.0563. The second-order valence-electron chi connectivity index (χ2n) is 4.10. The van der Waals surface area contributed by atoms with Gasteiger partial charge in [0.15, 0.2) is 11.5 Å². The van der Waals surface area contributed by atoms with Crippen LogP contribution >= 0.6 is 17.0 Å². The topological polar surface area (TPSA) is 43.7 Å². The maximum Gasteiger partial charge on any atom is 0.157 e. The fraction of sp³-hybridized carbons (Fsp3) is 0.538. The van der Waals surface area contributed by atoms with Crippen molar-refractivity contribution in [1.29, 1.82) is 0 Å². The molecule has 0 fully saturated rings. The molecule has 0 radical (unpaired) electrons. The molecule has 3 nitrogen and oxygen atoms in total. The summed E-state index contributed by atoms with van der Waals surface area (Å²) in [5.74, 6) is -0.0940. The van der Waals surface area contributed by atoms with Crippen LogP contribution in [0.3, 0.4) is 0 Å². The molecule has 1 aromatic carbocycles. The lowest BCUT2D eigenvalue weighted by molar-refractivity contribution is 0.230. The summed E-state index contributed by atoms with van der Waals surface area (Å²) < 4.78 is 0. The summed E-state index contributed by atoms with van der Waals surface area (Å²) in [6.07, 6.45) is 0.884. The molecule has 0 amide bonds. The van der Waals surface area contributed by atoms with Crippen molar-refractivity contribution >= 4 is 17.0 Å². The van der Waals surface area contributed by atoms with E-state index in [9.17, 15) is 10.2 Å². The standard InChI is InChI=1S/C13H21NO2.BrH/c1-4-14(5-2)10(3)8-11-6-7-12(15)13(16)9-11;/h6-7,9-10,15-16H,4-5,8H2,1-3H3;1H. The van der Waals surface area contributed by atoms with E-state index in [4.69, 9.17) is 0 Å². The van der Waals surface area contributed by atoms with E-state index in [1.165, 1.54) is 0 Å². The van der Waals surface area contributed by atoms with Gasteiger partial charge in [0.25, 0.3) is 0 Å². The van der Waals surface area contributed by atoms with Gasteiger partial charge < -0.3 is 15.1 Å². The van der Waals surface area contributed by atoms with Crippen molar-refractivity contribution < 1.29 is 10.2 Å². The zero-order chi connectivity index (χ0) is 12.1. The predicted molar refractivity (Wildman–Crippen MR) is 76.2 cm³/mol. The quantitative estimate of drug-likeness (QED) is 0.822. The normalized spacial score (nSPS) is 12.2. The first-order valence-corrected chi connectivity index (χ1v) is 5.83. The molecule has 0 aliphatic rings. The van der Waals surface area contributed by atoms with Gasteiger partial charge in [0.2, 0.25) is 0 Å². The molecule has 1 atom stereocenters. The molecule has 0 bridgehead atoms. The number of hydrogen-bond donors (Lipinski definition) is 2. The van der Waals surface area contributed by atoms with E-state index in [0.717, 1.165) is 25.1 Å². The van der Waals surface area contributed by atoms with Crippen LogP contribution in [-0.2, 0) is 6.42 Å². The van der Waals surface area contributed by atoms with Crippen LogP contribution in [0.2, 0.25) is 0 Å². The Bertz CT molecular complexity index is 340. The fourth-order valence-electron chi connectivity index (χ4n) is 2.01. The summed E-state index contributed by atoms with van der Waals surface area (Å²) in [6.45, 7) is 8.53. The van der Waals surface area contributed by atoms with Gasteiger partial charge in [0, 0.05) is 6.04 Å². The van der Waals surface area contributed by atoms with Crippen LogP contribution in [-0.4, -0.2) is 34.2 Å². The third-order valence-corrected chi connectivity index (χ3v) is 3.01. The number of halogens is 1. The largest absolute Gasteiger partial charge is 0.504 e. The Morgan fingerprint density at radius 2 is 1.71 bits per heavy atom. The molecule has 0 aliphatic heterocycles. The smallest absolute Gasteiger partial charge is 0.157 e. The van der Waals surface area contributed by atoms with Gasteiger partial charge in [-0.25, -0.2) is 0 Å². The molecule has 2 N–H and O–H groups in total. The highest BCUT2D eigenvalue weighted by Gasteiger charge is 2.11. The van der Waals surface area contributed by atoms with Gasteiger partial charge in [-0.05, 0) is 44.1 Å². The summed E-state index contributed by atoms with van der Waals surface area (Å²) in [6, 6.07) is 5.48. The predicted octanol–water partition coefficient (Wildman–Crippen LogP) is 2.95. The van der Waals surface area contributed by atoms with Gasteiger partial charge in [0.05, 0.1) is 0 Å². The van der Waals surface area contributed by atoms with Crippen molar-refractivity contribution in [2.24, 2.45) is 0 Å². The molecule has 4 heteroatoms. The highest BCUT2D eigenvalue weighted by molar-refractivity contribution is 8.93. The zero-order valence-electron chi connectivity index (χ0n) is 10.7. The summed E-state index contributed by atoms with van der Waals surface area (Å²) in [5, 5.41) is 18.6. The van der Waals surface area contributed by atoms with Crippen molar-refractivity contribution in [3.8, 4) is 11.5 Å². The summed E-state index contributed by atoms with van der Waals surface area (Å²) in [4.78, 5) is 2.36. The van der Waals surface area contributed by atoms with Crippen LogP contribution in [0.15, 0.2) is 18.2 Å². The molecule has 1 aromatic rings. The number of phenols is 2. The van der Waals surface area contributed by atoms with Crippen LogP contribution in [0.1, 0.15) is 26.3 Å². The molecular formula is C13H22BrNO2. The number of aromatic hydroxyl groups is 2. The number of rotatable bonds is 5. The minimum absolute atomic E-state index is 0. The van der Waals surface area contributed by atoms with Crippen molar-refractivity contribution in [1.82, 2.24) is 4.90 Å². The second kappa shape index (κ2) is 7.56. The number of likely N-dealkylation sites (N-methyl/N-ethyl adjacent to an activating group) is 1. The Balaban J connectivity index is 0.00000256. The average Bonchev–Trinajstić information content (AvgIpc) is 2.25. The molecule has 0 spiro atoms. The Morgan fingerprint density at radius 1 is 1.12 bits per heavy atom. The summed E-state index contributed by atoms with van der Waals surface area (Å²) in [5.41, 5.74) is 1.05. The van der Waals surface area contributed by atoms with E-state index >= 15 is 0 Å². The lowest BCUT2D eigenvalue weighted by Gasteiger charge is -2.26. The maximum absolute atomic E-state index is 9.40. The van der Waals surface area contributed by atoms with Gasteiger partial charge in [-0.2, -0.15) is 0 Å². The third-order valence-electron chi connectivity index (χ3n) is 3.01. The molecule has 17 heavy (non-hydrogen) atoms. The molecule has 0 saturated heterocycles. The van der Waals surface area contributed by atoms with E-state index < -0.39 is 0 Å². The lowest BCUT2D eigenvalue weighted by Crippen LogP contribution is -2.34. The van der Waals surface area contributed by atoms with E-state index in [1.54, 1.807) is 12.1 Å². The second-order valence-corrected chi connectivity index (χ2v) is 4.10. The van der Waals surface area contributed by atoms with E-state index in [0.29, 0.717) is 6.04 Å². The van der Waals surface area contributed by atoms with Crippen molar-refractivity contribution in [2.75, 3.05) is 13.1 Å².